The molecule has 26 heavy (non-hydrogen) atoms. The second-order valence-electron chi connectivity index (χ2n) is 5.81. The van der Waals surface area contributed by atoms with E-state index in [9.17, 15) is 19.2 Å². The van der Waals surface area contributed by atoms with Crippen molar-refractivity contribution < 1.29 is 14.0 Å². The van der Waals surface area contributed by atoms with Gasteiger partial charge in [-0.1, -0.05) is 6.07 Å². The quantitative estimate of drug-likeness (QED) is 0.872. The number of amides is 2. The summed E-state index contributed by atoms with van der Waals surface area (Å²) in [5.74, 6) is 0.300. The number of carbonyl (C=O) groups excluding carboxylic acids is 2. The minimum absolute atomic E-state index is 0.189. The molecule has 2 aromatic rings. The average Bonchev–Trinajstić information content (AvgIpc) is 3.01. The summed E-state index contributed by atoms with van der Waals surface area (Å²) < 4.78 is 13.3. The first-order valence-electron chi connectivity index (χ1n) is 7.95. The minimum atomic E-state index is -0.485. The fourth-order valence-corrected chi connectivity index (χ4v) is 4.65. The number of thioether (sulfide) groups is 1. The second-order valence-corrected chi connectivity index (χ2v) is 8.01. The van der Waals surface area contributed by atoms with Gasteiger partial charge in [0, 0.05) is 23.6 Å². The van der Waals surface area contributed by atoms with E-state index in [4.69, 9.17) is 0 Å². The fraction of sp³-hybridized carbons (Fsp3) is 0.278. The first kappa shape index (κ1) is 18.4. The Bertz CT molecular complexity index is 891. The molecule has 1 N–H and O–H groups in total. The largest absolute Gasteiger partial charge is 0.320 e. The van der Waals surface area contributed by atoms with Crippen LogP contribution in [0.25, 0.3) is 0 Å². The molecular formula is C18H16FN3O2S2. The summed E-state index contributed by atoms with van der Waals surface area (Å²) in [6.45, 7) is 2.33. The number of hydrogen-bond donors (Lipinski definition) is 1. The zero-order chi connectivity index (χ0) is 18.7. The van der Waals surface area contributed by atoms with Gasteiger partial charge in [-0.25, -0.2) is 4.39 Å². The fourth-order valence-electron chi connectivity index (χ4n) is 2.65. The summed E-state index contributed by atoms with van der Waals surface area (Å²) in [6, 6.07) is 8.87. The third-order valence-electron chi connectivity index (χ3n) is 3.97. The highest BCUT2D eigenvalue weighted by Gasteiger charge is 2.29. The molecule has 1 aliphatic heterocycles. The molecule has 8 heteroatoms. The number of halogens is 1. The summed E-state index contributed by atoms with van der Waals surface area (Å²) in [5, 5.41) is 12.5. The molecule has 0 saturated carbocycles. The number of nitriles is 1. The first-order valence-corrected chi connectivity index (χ1v) is 9.92. The maximum absolute atomic E-state index is 13.3. The van der Waals surface area contributed by atoms with E-state index in [0.29, 0.717) is 22.2 Å². The number of benzene rings is 1. The Labute approximate surface area is 158 Å². The van der Waals surface area contributed by atoms with Crippen LogP contribution in [0.5, 0.6) is 0 Å². The molecular weight excluding hydrogens is 373 g/mol. The Morgan fingerprint density at radius 3 is 2.92 bits per heavy atom. The van der Waals surface area contributed by atoms with Crippen molar-refractivity contribution in [3.8, 4) is 6.07 Å². The van der Waals surface area contributed by atoms with E-state index in [-0.39, 0.29) is 11.5 Å². The first-order chi connectivity index (χ1) is 12.5. The molecule has 0 unspecified atom stereocenters. The molecule has 3 rings (SSSR count). The monoisotopic (exact) mass is 389 g/mol. The van der Waals surface area contributed by atoms with Crippen LogP contribution in [-0.4, -0.2) is 40.8 Å². The van der Waals surface area contributed by atoms with Crippen LogP contribution >= 0.6 is 23.1 Å². The van der Waals surface area contributed by atoms with E-state index >= 15 is 0 Å². The van der Waals surface area contributed by atoms with Crippen LogP contribution in [0.3, 0.4) is 0 Å². The van der Waals surface area contributed by atoms with Gasteiger partial charge < -0.3 is 10.2 Å². The SMILES string of the molecule is Cc1cc(NC(=O)c2cccc(F)c2)sc1C(=O)N1CCSC[C@H]1C#N. The predicted molar refractivity (Wildman–Crippen MR) is 101 cm³/mol. The maximum atomic E-state index is 13.3. The molecule has 0 aliphatic carbocycles. The lowest BCUT2D eigenvalue weighted by atomic mass is 10.2. The molecule has 2 amide bonds. The zero-order valence-electron chi connectivity index (χ0n) is 14.0. The van der Waals surface area contributed by atoms with Crippen molar-refractivity contribution in [3.05, 3.63) is 52.2 Å². The molecule has 1 fully saturated rings. The smallest absolute Gasteiger partial charge is 0.265 e. The van der Waals surface area contributed by atoms with Crippen LogP contribution in [-0.2, 0) is 0 Å². The minimum Gasteiger partial charge on any atom is -0.320 e. The number of anilines is 1. The maximum Gasteiger partial charge on any atom is 0.265 e. The van der Waals surface area contributed by atoms with Gasteiger partial charge in [0.05, 0.1) is 15.9 Å². The van der Waals surface area contributed by atoms with Gasteiger partial charge in [-0.2, -0.15) is 17.0 Å². The van der Waals surface area contributed by atoms with Crippen molar-refractivity contribution >= 4 is 39.9 Å². The molecule has 134 valence electrons. The number of hydrogen-bond acceptors (Lipinski definition) is 5. The molecule has 1 aromatic heterocycles. The molecule has 1 saturated heterocycles. The Morgan fingerprint density at radius 2 is 2.19 bits per heavy atom. The summed E-state index contributed by atoms with van der Waals surface area (Å²) >= 11 is 2.83. The van der Waals surface area contributed by atoms with Crippen LogP contribution < -0.4 is 5.32 Å². The van der Waals surface area contributed by atoms with E-state index in [1.165, 1.54) is 29.5 Å². The lowest BCUT2D eigenvalue weighted by molar-refractivity contribution is 0.0741. The standard InChI is InChI=1S/C18H16FN3O2S2/c1-11-7-15(21-17(23)12-3-2-4-13(19)8-12)26-16(11)18(24)22-5-6-25-10-14(22)9-20/h2-4,7-8,14H,5-6,10H2,1H3,(H,21,23)/t14-/m1/s1. The topological polar surface area (TPSA) is 73.2 Å². The molecule has 0 radical (unpaired) electrons. The van der Waals surface area contributed by atoms with Crippen LogP contribution in [0.15, 0.2) is 30.3 Å². The van der Waals surface area contributed by atoms with Crippen molar-refractivity contribution in [1.29, 1.82) is 5.26 Å². The summed E-state index contributed by atoms with van der Waals surface area (Å²) in [6.07, 6.45) is 0. The average molecular weight is 389 g/mol. The third kappa shape index (κ3) is 3.89. The van der Waals surface area contributed by atoms with Crippen LogP contribution in [0.4, 0.5) is 9.39 Å². The van der Waals surface area contributed by atoms with Crippen molar-refractivity contribution in [2.24, 2.45) is 0 Å². The number of rotatable bonds is 3. The summed E-state index contributed by atoms with van der Waals surface area (Å²) in [4.78, 5) is 27.2. The number of nitrogens with zero attached hydrogens (tertiary/aromatic N) is 2. The van der Waals surface area contributed by atoms with Crippen molar-refractivity contribution in [2.75, 3.05) is 23.4 Å². The number of aryl methyl sites for hydroxylation is 1. The van der Waals surface area contributed by atoms with E-state index in [0.717, 1.165) is 17.4 Å². The van der Waals surface area contributed by atoms with Gasteiger partial charge in [-0.15, -0.1) is 11.3 Å². The van der Waals surface area contributed by atoms with Gasteiger partial charge in [-0.3, -0.25) is 9.59 Å². The highest BCUT2D eigenvalue weighted by molar-refractivity contribution is 7.99. The molecule has 1 aromatic carbocycles. The highest BCUT2D eigenvalue weighted by Crippen LogP contribution is 2.30. The van der Waals surface area contributed by atoms with Gasteiger partial charge >= 0.3 is 0 Å². The molecule has 1 aliphatic rings. The lowest BCUT2D eigenvalue weighted by Crippen LogP contribution is -2.45. The van der Waals surface area contributed by atoms with E-state index < -0.39 is 17.8 Å². The molecule has 0 bridgehead atoms. The molecule has 5 nitrogen and oxygen atoms in total. The zero-order valence-corrected chi connectivity index (χ0v) is 15.6. The lowest BCUT2D eigenvalue weighted by Gasteiger charge is -2.30. The van der Waals surface area contributed by atoms with Gasteiger partial charge in [0.15, 0.2) is 0 Å². The van der Waals surface area contributed by atoms with Crippen LogP contribution in [0.1, 0.15) is 25.6 Å². The summed E-state index contributed by atoms with van der Waals surface area (Å²) in [5.41, 5.74) is 0.950. The van der Waals surface area contributed by atoms with Gasteiger partial charge in [0.25, 0.3) is 11.8 Å². The van der Waals surface area contributed by atoms with Crippen molar-refractivity contribution in [2.45, 2.75) is 13.0 Å². The number of nitrogens with one attached hydrogen (secondary N) is 1. The van der Waals surface area contributed by atoms with Gasteiger partial charge in [0.1, 0.15) is 11.9 Å². The third-order valence-corrected chi connectivity index (χ3v) is 6.14. The molecule has 1 atom stereocenters. The molecule has 0 spiro atoms. The Hall–Kier alpha value is -2.37. The van der Waals surface area contributed by atoms with Crippen LogP contribution in [0, 0.1) is 24.1 Å². The van der Waals surface area contributed by atoms with Crippen molar-refractivity contribution in [3.63, 3.8) is 0 Å². The Balaban J connectivity index is 1.77. The van der Waals surface area contributed by atoms with E-state index in [1.54, 1.807) is 29.7 Å². The predicted octanol–water partition coefficient (Wildman–Crippen LogP) is 3.53. The van der Waals surface area contributed by atoms with Crippen LogP contribution in [0.2, 0.25) is 0 Å². The van der Waals surface area contributed by atoms with E-state index in [2.05, 4.69) is 11.4 Å². The van der Waals surface area contributed by atoms with Crippen molar-refractivity contribution in [1.82, 2.24) is 4.90 Å². The van der Waals surface area contributed by atoms with Gasteiger partial charge in [0.2, 0.25) is 0 Å². The number of carbonyl (C=O) groups is 2. The molecule has 2 heterocycles. The second kappa shape index (κ2) is 7.89. The highest BCUT2D eigenvalue weighted by atomic mass is 32.2. The Kier molecular flexibility index (Phi) is 5.59. The summed E-state index contributed by atoms with van der Waals surface area (Å²) in [7, 11) is 0. The number of thiophene rings is 1. The Morgan fingerprint density at radius 1 is 1.38 bits per heavy atom. The van der Waals surface area contributed by atoms with E-state index in [1.807, 2.05) is 0 Å². The van der Waals surface area contributed by atoms with Gasteiger partial charge in [-0.05, 0) is 36.8 Å². The normalized spacial score (nSPS) is 16.8.